The summed E-state index contributed by atoms with van der Waals surface area (Å²) in [6.45, 7) is 3.89. The number of rotatable bonds is 7. The van der Waals surface area contributed by atoms with E-state index in [0.29, 0.717) is 32.1 Å². The number of hydrogen-bond acceptors (Lipinski definition) is 5. The first-order valence-electron chi connectivity index (χ1n) is 10.8. The summed E-state index contributed by atoms with van der Waals surface area (Å²) < 4.78 is 29.5. The minimum Gasteiger partial charge on any atom is -0.348 e. The van der Waals surface area contributed by atoms with Crippen LogP contribution in [0.3, 0.4) is 0 Å². The fraction of sp³-hybridized carbons (Fsp3) is 0.348. The fourth-order valence-corrected chi connectivity index (χ4v) is 5.99. The van der Waals surface area contributed by atoms with Crippen LogP contribution in [0.1, 0.15) is 41.3 Å². The average Bonchev–Trinajstić information content (AvgIpc) is 3.31. The molecule has 10 heteroatoms. The predicted octanol–water partition coefficient (Wildman–Crippen LogP) is 3.33. The molecule has 2 aromatic carbocycles. The molecule has 1 fully saturated rings. The third kappa shape index (κ3) is 5.61. The van der Waals surface area contributed by atoms with Gasteiger partial charge in [0.15, 0.2) is 0 Å². The van der Waals surface area contributed by atoms with E-state index in [-0.39, 0.29) is 21.4 Å². The Morgan fingerprint density at radius 3 is 2.64 bits per heavy atom. The van der Waals surface area contributed by atoms with E-state index >= 15 is 0 Å². The van der Waals surface area contributed by atoms with E-state index in [1.807, 2.05) is 31.2 Å². The van der Waals surface area contributed by atoms with E-state index in [1.165, 1.54) is 28.8 Å². The van der Waals surface area contributed by atoms with Gasteiger partial charge in [-0.3, -0.25) is 4.79 Å². The van der Waals surface area contributed by atoms with Crippen LogP contribution in [-0.4, -0.2) is 46.5 Å². The third-order valence-electron chi connectivity index (χ3n) is 5.72. The highest BCUT2D eigenvalue weighted by atomic mass is 35.5. The Morgan fingerprint density at radius 2 is 1.94 bits per heavy atom. The summed E-state index contributed by atoms with van der Waals surface area (Å²) >= 11 is 6.23. The number of halogens is 1. The van der Waals surface area contributed by atoms with Crippen LogP contribution in [0.2, 0.25) is 5.02 Å². The lowest BCUT2D eigenvalue weighted by atomic mass is 10.0. The Hall–Kier alpha value is -2.75. The molecular weight excluding hydrogens is 462 g/mol. The molecule has 3 aromatic rings. The Morgan fingerprint density at radius 1 is 1.18 bits per heavy atom. The van der Waals surface area contributed by atoms with E-state index in [1.54, 1.807) is 11.0 Å². The third-order valence-corrected chi connectivity index (χ3v) is 8.06. The molecule has 0 bridgehead atoms. The molecule has 1 aromatic heterocycles. The van der Waals surface area contributed by atoms with Gasteiger partial charge >= 0.3 is 0 Å². The first-order chi connectivity index (χ1) is 15.8. The fourth-order valence-electron chi connectivity index (χ4n) is 3.89. The molecule has 4 rings (SSSR count). The quantitative estimate of drug-likeness (QED) is 0.551. The molecule has 1 aliphatic heterocycles. The molecule has 0 spiro atoms. The Bertz CT molecular complexity index is 1210. The summed E-state index contributed by atoms with van der Waals surface area (Å²) in [6, 6.07) is 12.2. The molecule has 0 radical (unpaired) electrons. The summed E-state index contributed by atoms with van der Waals surface area (Å²) in [7, 11) is -3.77. The number of piperidine rings is 1. The van der Waals surface area contributed by atoms with Crippen molar-refractivity contribution in [3.63, 3.8) is 0 Å². The van der Waals surface area contributed by atoms with Gasteiger partial charge in [-0.2, -0.15) is 9.40 Å². The van der Waals surface area contributed by atoms with Crippen LogP contribution in [-0.2, 0) is 23.1 Å². The highest BCUT2D eigenvalue weighted by molar-refractivity contribution is 7.89. The smallest absolute Gasteiger partial charge is 0.251 e. The minimum absolute atomic E-state index is 0.0246. The van der Waals surface area contributed by atoms with Crippen molar-refractivity contribution in [2.45, 2.75) is 37.8 Å². The van der Waals surface area contributed by atoms with Crippen LogP contribution in [0.25, 0.3) is 0 Å². The molecule has 2 heterocycles. The Balaban J connectivity index is 1.42. The van der Waals surface area contributed by atoms with E-state index < -0.39 is 10.0 Å². The van der Waals surface area contributed by atoms with Crippen molar-refractivity contribution >= 4 is 27.5 Å². The number of amides is 1. The van der Waals surface area contributed by atoms with E-state index in [9.17, 15) is 13.2 Å². The van der Waals surface area contributed by atoms with E-state index in [4.69, 9.17) is 11.6 Å². The molecule has 1 aliphatic rings. The second-order valence-corrected chi connectivity index (χ2v) is 10.7. The molecular formula is C23H26ClN5O3S. The van der Waals surface area contributed by atoms with Gasteiger partial charge in [0.1, 0.15) is 17.6 Å². The number of aromatic nitrogens is 3. The van der Waals surface area contributed by atoms with Gasteiger partial charge in [0, 0.05) is 25.2 Å². The van der Waals surface area contributed by atoms with Gasteiger partial charge in [0.2, 0.25) is 10.0 Å². The van der Waals surface area contributed by atoms with Gasteiger partial charge in [-0.1, -0.05) is 42.8 Å². The number of carbonyl (C=O) groups is 1. The first kappa shape index (κ1) is 23.4. The SMILES string of the molecule is CC1CCCN(S(=O)(=O)c2cc(C(=O)NCc3ccc(Cn4cncn4)cc3)ccc2Cl)C1. The molecule has 0 saturated carbocycles. The molecule has 174 valence electrons. The van der Waals surface area contributed by atoms with Crippen LogP contribution in [0, 0.1) is 5.92 Å². The summed E-state index contributed by atoms with van der Waals surface area (Å²) in [5, 5.41) is 7.05. The standard InChI is InChI=1S/C23H26ClN5O3S/c1-17-3-2-10-29(13-17)33(31,32)22-11-20(8-9-21(22)24)23(30)26-12-18-4-6-19(7-5-18)14-28-16-25-15-27-28/h4-9,11,15-17H,2-3,10,12-14H2,1H3,(H,26,30). The van der Waals surface area contributed by atoms with Crippen LogP contribution in [0.5, 0.6) is 0 Å². The van der Waals surface area contributed by atoms with Crippen molar-refractivity contribution in [2.75, 3.05) is 13.1 Å². The molecule has 8 nitrogen and oxygen atoms in total. The summed E-state index contributed by atoms with van der Waals surface area (Å²) in [5.74, 6) is -0.0665. The minimum atomic E-state index is -3.77. The lowest BCUT2D eigenvalue weighted by Crippen LogP contribution is -2.39. The van der Waals surface area contributed by atoms with Gasteiger partial charge in [-0.25, -0.2) is 18.1 Å². The molecule has 1 atom stereocenters. The summed E-state index contributed by atoms with van der Waals surface area (Å²) in [4.78, 5) is 16.6. The predicted molar refractivity (Wildman–Crippen MR) is 125 cm³/mol. The van der Waals surface area contributed by atoms with Gasteiger partial charge in [0.05, 0.1) is 11.6 Å². The lowest BCUT2D eigenvalue weighted by molar-refractivity contribution is 0.0950. The van der Waals surface area contributed by atoms with Gasteiger partial charge < -0.3 is 5.32 Å². The van der Waals surface area contributed by atoms with Crippen molar-refractivity contribution in [1.82, 2.24) is 24.4 Å². The molecule has 33 heavy (non-hydrogen) atoms. The summed E-state index contributed by atoms with van der Waals surface area (Å²) in [6.07, 6.45) is 4.96. The molecule has 1 amide bonds. The largest absolute Gasteiger partial charge is 0.348 e. The number of nitrogens with one attached hydrogen (secondary N) is 1. The van der Waals surface area contributed by atoms with Crippen molar-refractivity contribution in [3.05, 3.63) is 76.8 Å². The summed E-state index contributed by atoms with van der Waals surface area (Å²) in [5.41, 5.74) is 2.25. The van der Waals surface area contributed by atoms with Gasteiger partial charge in [-0.05, 0) is 48.1 Å². The first-order valence-corrected chi connectivity index (χ1v) is 12.6. The van der Waals surface area contributed by atoms with Crippen molar-refractivity contribution < 1.29 is 13.2 Å². The van der Waals surface area contributed by atoms with Crippen molar-refractivity contribution in [1.29, 1.82) is 0 Å². The maximum absolute atomic E-state index is 13.2. The number of nitrogens with zero attached hydrogens (tertiary/aromatic N) is 4. The van der Waals surface area contributed by atoms with Crippen molar-refractivity contribution in [2.24, 2.45) is 5.92 Å². The lowest BCUT2D eigenvalue weighted by Gasteiger charge is -2.30. The Kier molecular flexibility index (Phi) is 7.11. The van der Waals surface area contributed by atoms with Gasteiger partial charge in [-0.15, -0.1) is 0 Å². The highest BCUT2D eigenvalue weighted by Gasteiger charge is 2.30. The maximum atomic E-state index is 13.2. The second kappa shape index (κ2) is 10.0. The van der Waals surface area contributed by atoms with Crippen molar-refractivity contribution in [3.8, 4) is 0 Å². The van der Waals surface area contributed by atoms with Crippen LogP contribution in [0.15, 0.2) is 60.0 Å². The molecule has 1 saturated heterocycles. The number of benzene rings is 2. The average molecular weight is 488 g/mol. The zero-order valence-electron chi connectivity index (χ0n) is 18.3. The zero-order chi connectivity index (χ0) is 23.4. The monoisotopic (exact) mass is 487 g/mol. The number of sulfonamides is 1. The van der Waals surface area contributed by atoms with Crippen LogP contribution >= 0.6 is 11.6 Å². The van der Waals surface area contributed by atoms with Crippen LogP contribution < -0.4 is 5.32 Å². The van der Waals surface area contributed by atoms with Crippen LogP contribution in [0.4, 0.5) is 0 Å². The highest BCUT2D eigenvalue weighted by Crippen LogP contribution is 2.29. The molecule has 0 aliphatic carbocycles. The molecule has 1 unspecified atom stereocenters. The Labute approximate surface area is 198 Å². The van der Waals surface area contributed by atoms with E-state index in [0.717, 1.165) is 24.0 Å². The van der Waals surface area contributed by atoms with E-state index in [2.05, 4.69) is 15.4 Å². The topological polar surface area (TPSA) is 97.2 Å². The zero-order valence-corrected chi connectivity index (χ0v) is 19.9. The molecule has 1 N–H and O–H groups in total. The number of carbonyl (C=O) groups excluding carboxylic acids is 1. The second-order valence-electron chi connectivity index (χ2n) is 8.35. The normalized spacial score (nSPS) is 17.1. The maximum Gasteiger partial charge on any atom is 0.251 e. The van der Waals surface area contributed by atoms with Gasteiger partial charge in [0.25, 0.3) is 5.91 Å². The number of hydrogen-bond donors (Lipinski definition) is 1.